The summed E-state index contributed by atoms with van der Waals surface area (Å²) in [6, 6.07) is 6.73. The van der Waals surface area contributed by atoms with Crippen molar-refractivity contribution in [1.82, 2.24) is 9.97 Å². The number of nitrogen functional groups attached to an aromatic ring is 1. The minimum atomic E-state index is 0.165. The maximum absolute atomic E-state index is 9.62. The summed E-state index contributed by atoms with van der Waals surface area (Å²) in [5.41, 5.74) is 7.14. The Bertz CT molecular complexity index is 588. The van der Waals surface area contributed by atoms with Crippen LogP contribution in [0.5, 0.6) is 5.75 Å². The van der Waals surface area contributed by atoms with Gasteiger partial charge in [-0.2, -0.15) is 5.26 Å². The molecule has 0 radical (unpaired) electrons. The summed E-state index contributed by atoms with van der Waals surface area (Å²) in [5, 5.41) is 21.2. The number of hydrogen-bond donors (Lipinski definition) is 3. The first-order valence-electron chi connectivity index (χ1n) is 5.22. The van der Waals surface area contributed by atoms with Crippen LogP contribution in [-0.2, 0) is 6.54 Å². The minimum Gasteiger partial charge on any atom is -0.508 e. The molecule has 0 saturated heterocycles. The molecule has 4 N–H and O–H groups in total. The second-order valence-corrected chi connectivity index (χ2v) is 3.64. The number of aromatic hydroxyl groups is 1. The standard InChI is InChI=1S/C12H11N5O/c13-4-10-6-17-12(7-15-10)16-5-8-3-9(14)1-2-11(8)18/h1-3,6-7,18H,5,14H2,(H,16,17). The second kappa shape index (κ2) is 5.01. The summed E-state index contributed by atoms with van der Waals surface area (Å²) < 4.78 is 0. The zero-order valence-electron chi connectivity index (χ0n) is 9.46. The number of rotatable bonds is 3. The highest BCUT2D eigenvalue weighted by atomic mass is 16.3. The van der Waals surface area contributed by atoms with Gasteiger partial charge in [0.05, 0.1) is 12.4 Å². The van der Waals surface area contributed by atoms with Crippen LogP contribution in [-0.4, -0.2) is 15.1 Å². The average Bonchev–Trinajstić information content (AvgIpc) is 2.40. The van der Waals surface area contributed by atoms with Crippen molar-refractivity contribution in [3.63, 3.8) is 0 Å². The lowest BCUT2D eigenvalue weighted by molar-refractivity contribution is 0.469. The number of benzene rings is 1. The number of nitrogens with one attached hydrogen (secondary N) is 1. The molecule has 0 unspecified atom stereocenters. The number of nitrogens with zero attached hydrogens (tertiary/aromatic N) is 3. The van der Waals surface area contributed by atoms with Crippen LogP contribution in [0.4, 0.5) is 11.5 Å². The monoisotopic (exact) mass is 241 g/mol. The Morgan fingerprint density at radius 1 is 1.33 bits per heavy atom. The fraction of sp³-hybridized carbons (Fsp3) is 0.0833. The number of phenolic OH excluding ortho intramolecular Hbond substituents is 1. The van der Waals surface area contributed by atoms with Gasteiger partial charge < -0.3 is 16.2 Å². The van der Waals surface area contributed by atoms with Gasteiger partial charge in [0.15, 0.2) is 5.69 Å². The van der Waals surface area contributed by atoms with E-state index >= 15 is 0 Å². The molecule has 0 bridgehead atoms. The summed E-state index contributed by atoms with van der Waals surface area (Å²) >= 11 is 0. The van der Waals surface area contributed by atoms with Gasteiger partial charge in [-0.3, -0.25) is 0 Å². The number of phenols is 1. The Balaban J connectivity index is 2.07. The van der Waals surface area contributed by atoms with E-state index in [0.29, 0.717) is 23.6 Å². The molecule has 1 aromatic heterocycles. The zero-order valence-corrected chi connectivity index (χ0v) is 9.46. The summed E-state index contributed by atoms with van der Waals surface area (Å²) in [7, 11) is 0. The van der Waals surface area contributed by atoms with Gasteiger partial charge in [-0.15, -0.1) is 0 Å². The number of hydrogen-bond acceptors (Lipinski definition) is 6. The molecule has 18 heavy (non-hydrogen) atoms. The van der Waals surface area contributed by atoms with E-state index in [-0.39, 0.29) is 11.4 Å². The van der Waals surface area contributed by atoms with Crippen LogP contribution in [0.25, 0.3) is 0 Å². The highest BCUT2D eigenvalue weighted by molar-refractivity contribution is 5.48. The molecule has 1 aromatic carbocycles. The molecule has 0 atom stereocenters. The van der Waals surface area contributed by atoms with Gasteiger partial charge in [-0.25, -0.2) is 9.97 Å². The van der Waals surface area contributed by atoms with E-state index in [0.717, 1.165) is 0 Å². The lowest BCUT2D eigenvalue weighted by Crippen LogP contribution is -2.03. The first-order valence-corrected chi connectivity index (χ1v) is 5.22. The molecule has 6 heteroatoms. The molecule has 2 aromatic rings. The van der Waals surface area contributed by atoms with E-state index in [2.05, 4.69) is 15.3 Å². The first kappa shape index (κ1) is 11.7. The molecule has 0 saturated carbocycles. The topological polar surface area (TPSA) is 108 Å². The molecule has 0 fully saturated rings. The normalized spacial score (nSPS) is 9.72. The molecule has 1 heterocycles. The summed E-state index contributed by atoms with van der Waals surface area (Å²) in [5.74, 6) is 0.689. The summed E-state index contributed by atoms with van der Waals surface area (Å²) in [6.45, 7) is 0.372. The summed E-state index contributed by atoms with van der Waals surface area (Å²) in [6.07, 6.45) is 2.84. The maximum Gasteiger partial charge on any atom is 0.158 e. The largest absolute Gasteiger partial charge is 0.508 e. The van der Waals surface area contributed by atoms with Gasteiger partial charge in [0.25, 0.3) is 0 Å². The van der Waals surface area contributed by atoms with Crippen LogP contribution in [0.15, 0.2) is 30.6 Å². The third kappa shape index (κ3) is 2.65. The minimum absolute atomic E-state index is 0.165. The Morgan fingerprint density at radius 3 is 2.83 bits per heavy atom. The van der Waals surface area contributed by atoms with Crippen molar-refractivity contribution in [2.24, 2.45) is 0 Å². The van der Waals surface area contributed by atoms with Crippen LogP contribution in [0.2, 0.25) is 0 Å². The number of nitriles is 1. The van der Waals surface area contributed by atoms with Crippen molar-refractivity contribution >= 4 is 11.5 Å². The van der Waals surface area contributed by atoms with Crippen LogP contribution < -0.4 is 11.1 Å². The molecule has 0 aliphatic heterocycles. The van der Waals surface area contributed by atoms with Gasteiger partial charge in [-0.05, 0) is 18.2 Å². The van der Waals surface area contributed by atoms with Gasteiger partial charge in [0, 0.05) is 17.8 Å². The molecule has 2 rings (SSSR count). The predicted molar refractivity (Wildman–Crippen MR) is 66.6 cm³/mol. The molecule has 0 aliphatic carbocycles. The van der Waals surface area contributed by atoms with Gasteiger partial charge in [0.2, 0.25) is 0 Å². The van der Waals surface area contributed by atoms with Crippen LogP contribution >= 0.6 is 0 Å². The SMILES string of the molecule is N#Cc1cnc(NCc2cc(N)ccc2O)cn1. The Labute approximate surface area is 104 Å². The first-order chi connectivity index (χ1) is 8.69. The quantitative estimate of drug-likeness (QED) is 0.551. The smallest absolute Gasteiger partial charge is 0.158 e. The van der Waals surface area contributed by atoms with Crippen molar-refractivity contribution in [2.75, 3.05) is 11.1 Å². The number of aromatic nitrogens is 2. The maximum atomic E-state index is 9.62. The van der Waals surface area contributed by atoms with Gasteiger partial charge in [-0.1, -0.05) is 0 Å². The van der Waals surface area contributed by atoms with E-state index in [1.165, 1.54) is 18.5 Å². The molecule has 0 amide bonds. The fourth-order valence-electron chi connectivity index (χ4n) is 1.41. The molecular formula is C12H11N5O. The van der Waals surface area contributed by atoms with Crippen LogP contribution in [0.3, 0.4) is 0 Å². The lowest BCUT2D eigenvalue weighted by Gasteiger charge is -2.07. The molecule has 0 spiro atoms. The van der Waals surface area contributed by atoms with Gasteiger partial charge >= 0.3 is 0 Å². The fourth-order valence-corrected chi connectivity index (χ4v) is 1.41. The van der Waals surface area contributed by atoms with E-state index in [4.69, 9.17) is 11.0 Å². The van der Waals surface area contributed by atoms with Gasteiger partial charge in [0.1, 0.15) is 17.6 Å². The second-order valence-electron chi connectivity index (χ2n) is 3.64. The Kier molecular flexibility index (Phi) is 3.25. The number of nitrogens with two attached hydrogens (primary N) is 1. The highest BCUT2D eigenvalue weighted by Crippen LogP contribution is 2.20. The van der Waals surface area contributed by atoms with E-state index in [1.807, 2.05) is 6.07 Å². The van der Waals surface area contributed by atoms with E-state index < -0.39 is 0 Å². The van der Waals surface area contributed by atoms with Crippen molar-refractivity contribution in [1.29, 1.82) is 5.26 Å². The summed E-state index contributed by atoms with van der Waals surface area (Å²) in [4.78, 5) is 7.88. The molecule has 6 nitrogen and oxygen atoms in total. The third-order valence-corrected chi connectivity index (χ3v) is 2.33. The lowest BCUT2D eigenvalue weighted by atomic mass is 10.2. The molecule has 90 valence electrons. The van der Waals surface area contributed by atoms with Crippen LogP contribution in [0.1, 0.15) is 11.3 Å². The predicted octanol–water partition coefficient (Wildman–Crippen LogP) is 1.25. The van der Waals surface area contributed by atoms with Crippen molar-refractivity contribution in [3.05, 3.63) is 41.9 Å². The van der Waals surface area contributed by atoms with E-state index in [1.54, 1.807) is 12.1 Å². The molecular weight excluding hydrogens is 230 g/mol. The Hall–Kier alpha value is -2.81. The zero-order chi connectivity index (χ0) is 13.0. The molecule has 0 aliphatic rings. The van der Waals surface area contributed by atoms with Crippen molar-refractivity contribution in [3.8, 4) is 11.8 Å². The van der Waals surface area contributed by atoms with Crippen molar-refractivity contribution in [2.45, 2.75) is 6.54 Å². The number of anilines is 2. The third-order valence-electron chi connectivity index (χ3n) is 2.33. The average molecular weight is 241 g/mol. The van der Waals surface area contributed by atoms with Crippen molar-refractivity contribution < 1.29 is 5.11 Å². The van der Waals surface area contributed by atoms with Crippen LogP contribution in [0, 0.1) is 11.3 Å². The highest BCUT2D eigenvalue weighted by Gasteiger charge is 2.02. The van der Waals surface area contributed by atoms with E-state index in [9.17, 15) is 5.11 Å². The Morgan fingerprint density at radius 2 is 2.17 bits per heavy atom.